The number of hydrogen-bond donors (Lipinski definition) is 2. The summed E-state index contributed by atoms with van der Waals surface area (Å²) in [6.45, 7) is 1.65. The van der Waals surface area contributed by atoms with Gasteiger partial charge in [0.1, 0.15) is 0 Å². The second kappa shape index (κ2) is 6.11. The van der Waals surface area contributed by atoms with Crippen molar-refractivity contribution in [3.63, 3.8) is 0 Å². The maximum atomic E-state index is 11.9. The molecular formula is C10H14BrN3O4S. The number of ether oxygens (including phenoxy) is 1. The van der Waals surface area contributed by atoms with Gasteiger partial charge in [-0.25, -0.2) is 9.52 Å². The minimum Gasteiger partial charge on any atom is -0.449 e. The van der Waals surface area contributed by atoms with Crippen LogP contribution in [0.4, 0.5) is 16.2 Å². The first-order valence-corrected chi connectivity index (χ1v) is 7.49. The number of nitrogens with zero attached hydrogens (tertiary/aromatic N) is 1. The van der Waals surface area contributed by atoms with Crippen LogP contribution in [0.1, 0.15) is 6.92 Å². The second-order valence-electron chi connectivity index (χ2n) is 3.50. The molecule has 0 radical (unpaired) electrons. The zero-order chi connectivity index (χ0) is 14.6. The summed E-state index contributed by atoms with van der Waals surface area (Å²) in [5.41, 5.74) is 6.23. The normalized spacial score (nSPS) is 10.9. The summed E-state index contributed by atoms with van der Waals surface area (Å²) in [5.74, 6) is 0. The molecule has 0 atom stereocenters. The Morgan fingerprint density at radius 1 is 1.53 bits per heavy atom. The van der Waals surface area contributed by atoms with Gasteiger partial charge in [0.2, 0.25) is 0 Å². The van der Waals surface area contributed by atoms with Crippen molar-refractivity contribution in [3.05, 3.63) is 22.7 Å². The minimum atomic E-state index is -4.06. The van der Waals surface area contributed by atoms with Gasteiger partial charge in [-0.05, 0) is 25.1 Å². The fraction of sp³-hybridized carbons (Fsp3) is 0.300. The molecule has 0 aliphatic carbocycles. The monoisotopic (exact) mass is 351 g/mol. The van der Waals surface area contributed by atoms with Crippen LogP contribution in [0.3, 0.4) is 0 Å². The number of carbonyl (C=O) groups excluding carboxylic acids is 1. The minimum absolute atomic E-state index is 0.0749. The predicted molar refractivity (Wildman–Crippen MR) is 76.0 cm³/mol. The van der Waals surface area contributed by atoms with Crippen LogP contribution in [-0.2, 0) is 14.9 Å². The van der Waals surface area contributed by atoms with Crippen LogP contribution in [0, 0.1) is 0 Å². The van der Waals surface area contributed by atoms with Crippen molar-refractivity contribution in [3.8, 4) is 0 Å². The highest BCUT2D eigenvalue weighted by molar-refractivity contribution is 9.10. The number of amides is 1. The molecule has 0 heterocycles. The van der Waals surface area contributed by atoms with Crippen LogP contribution < -0.4 is 14.8 Å². The third-order valence-electron chi connectivity index (χ3n) is 2.18. The van der Waals surface area contributed by atoms with Crippen LogP contribution in [-0.4, -0.2) is 28.2 Å². The highest BCUT2D eigenvalue weighted by Crippen LogP contribution is 2.27. The first-order valence-electron chi connectivity index (χ1n) is 5.26. The van der Waals surface area contributed by atoms with E-state index in [1.165, 1.54) is 13.1 Å². The summed E-state index contributed by atoms with van der Waals surface area (Å²) >= 11 is 3.22. The van der Waals surface area contributed by atoms with Crippen LogP contribution in [0.5, 0.6) is 0 Å². The Balaban J connectivity index is 2.98. The molecule has 0 aliphatic heterocycles. The Kier molecular flexibility index (Phi) is 5.01. The molecule has 0 fully saturated rings. The summed E-state index contributed by atoms with van der Waals surface area (Å²) in [4.78, 5) is 11.2. The standard InChI is InChI=1S/C10H14BrN3O4S/c1-3-18-10(15)13-19(16,17)14(2)9-5-4-7(11)6-8(9)12/h4-6H,3,12H2,1-2H3,(H,13,15). The Bertz CT molecular complexity index is 576. The van der Waals surface area contributed by atoms with E-state index in [-0.39, 0.29) is 18.0 Å². The zero-order valence-electron chi connectivity index (χ0n) is 10.4. The highest BCUT2D eigenvalue weighted by atomic mass is 79.9. The van der Waals surface area contributed by atoms with Gasteiger partial charge in [-0.1, -0.05) is 15.9 Å². The smallest absolute Gasteiger partial charge is 0.422 e. The molecule has 0 saturated heterocycles. The lowest BCUT2D eigenvalue weighted by atomic mass is 10.3. The molecule has 0 bridgehead atoms. The molecule has 1 aromatic rings. The molecule has 1 aromatic carbocycles. The zero-order valence-corrected chi connectivity index (χ0v) is 12.8. The molecule has 0 saturated carbocycles. The van der Waals surface area contributed by atoms with Gasteiger partial charge in [0.25, 0.3) is 0 Å². The fourth-order valence-electron chi connectivity index (χ4n) is 1.28. The van der Waals surface area contributed by atoms with E-state index in [4.69, 9.17) is 5.73 Å². The second-order valence-corrected chi connectivity index (χ2v) is 6.12. The van der Waals surface area contributed by atoms with E-state index in [1.807, 2.05) is 0 Å². The number of rotatable bonds is 4. The summed E-state index contributed by atoms with van der Waals surface area (Å²) in [7, 11) is -2.78. The van der Waals surface area contributed by atoms with E-state index in [2.05, 4.69) is 20.7 Å². The molecule has 0 unspecified atom stereocenters. The molecule has 3 N–H and O–H groups in total. The quantitative estimate of drug-likeness (QED) is 0.799. The summed E-state index contributed by atoms with van der Waals surface area (Å²) in [6.07, 6.45) is -1.04. The molecule has 0 aromatic heterocycles. The van der Waals surface area contributed by atoms with E-state index in [9.17, 15) is 13.2 Å². The van der Waals surface area contributed by atoms with Gasteiger partial charge in [-0.2, -0.15) is 8.42 Å². The average Bonchev–Trinajstić information content (AvgIpc) is 2.27. The number of carbonyl (C=O) groups is 1. The lowest BCUT2D eigenvalue weighted by molar-refractivity contribution is 0.158. The van der Waals surface area contributed by atoms with Gasteiger partial charge in [0.05, 0.1) is 18.0 Å². The van der Waals surface area contributed by atoms with Gasteiger partial charge < -0.3 is 10.5 Å². The first-order chi connectivity index (χ1) is 8.77. The number of nitrogen functional groups attached to an aromatic ring is 1. The van der Waals surface area contributed by atoms with Crippen molar-refractivity contribution >= 4 is 43.6 Å². The number of halogens is 1. The van der Waals surface area contributed by atoms with E-state index in [0.29, 0.717) is 0 Å². The largest absolute Gasteiger partial charge is 0.449 e. The Morgan fingerprint density at radius 3 is 2.68 bits per heavy atom. The van der Waals surface area contributed by atoms with Crippen LogP contribution in [0.15, 0.2) is 22.7 Å². The Labute approximate surface area is 120 Å². The molecule has 0 aliphatic rings. The maximum Gasteiger partial charge on any atom is 0.422 e. The van der Waals surface area contributed by atoms with Crippen molar-refractivity contribution in [1.29, 1.82) is 0 Å². The molecule has 1 amide bonds. The molecule has 1 rings (SSSR count). The third-order valence-corrected chi connectivity index (χ3v) is 4.01. The number of nitrogens with one attached hydrogen (secondary N) is 1. The first kappa shape index (κ1) is 15.6. The van der Waals surface area contributed by atoms with Crippen molar-refractivity contribution in [1.82, 2.24) is 4.72 Å². The molecular weight excluding hydrogens is 338 g/mol. The fourth-order valence-corrected chi connectivity index (χ4v) is 2.49. The van der Waals surface area contributed by atoms with Crippen molar-refractivity contribution in [2.75, 3.05) is 23.7 Å². The van der Waals surface area contributed by atoms with Crippen molar-refractivity contribution in [2.45, 2.75) is 6.92 Å². The van der Waals surface area contributed by atoms with E-state index in [1.54, 1.807) is 23.8 Å². The number of benzene rings is 1. The molecule has 106 valence electrons. The predicted octanol–water partition coefficient (Wildman–Crippen LogP) is 1.46. The van der Waals surface area contributed by atoms with E-state index < -0.39 is 16.3 Å². The summed E-state index contributed by atoms with van der Waals surface area (Å²) in [5, 5.41) is 0. The van der Waals surface area contributed by atoms with Gasteiger partial charge in [0, 0.05) is 11.5 Å². The number of nitrogens with two attached hydrogens (primary N) is 1. The molecule has 0 spiro atoms. The topological polar surface area (TPSA) is 102 Å². The Morgan fingerprint density at radius 2 is 2.16 bits per heavy atom. The number of hydrogen-bond acceptors (Lipinski definition) is 5. The average molecular weight is 352 g/mol. The summed E-state index contributed by atoms with van der Waals surface area (Å²) < 4.78 is 31.7. The van der Waals surface area contributed by atoms with Crippen LogP contribution >= 0.6 is 15.9 Å². The van der Waals surface area contributed by atoms with Gasteiger partial charge in [-0.15, -0.1) is 0 Å². The lowest BCUT2D eigenvalue weighted by Gasteiger charge is -2.20. The van der Waals surface area contributed by atoms with E-state index in [0.717, 1.165) is 8.78 Å². The van der Waals surface area contributed by atoms with Crippen molar-refractivity contribution < 1.29 is 17.9 Å². The Hall–Kier alpha value is -1.48. The maximum absolute atomic E-state index is 11.9. The van der Waals surface area contributed by atoms with Gasteiger partial charge >= 0.3 is 16.3 Å². The molecule has 19 heavy (non-hydrogen) atoms. The highest BCUT2D eigenvalue weighted by Gasteiger charge is 2.23. The lowest BCUT2D eigenvalue weighted by Crippen LogP contribution is -2.42. The van der Waals surface area contributed by atoms with Crippen LogP contribution in [0.2, 0.25) is 0 Å². The van der Waals surface area contributed by atoms with Gasteiger partial charge in [0.15, 0.2) is 0 Å². The van der Waals surface area contributed by atoms with E-state index >= 15 is 0 Å². The third kappa shape index (κ3) is 4.00. The van der Waals surface area contributed by atoms with Gasteiger partial charge in [-0.3, -0.25) is 4.31 Å². The summed E-state index contributed by atoms with van der Waals surface area (Å²) in [6, 6.07) is 4.72. The molecule has 9 heteroatoms. The van der Waals surface area contributed by atoms with Crippen LogP contribution in [0.25, 0.3) is 0 Å². The number of anilines is 2. The molecule has 7 nitrogen and oxygen atoms in total. The van der Waals surface area contributed by atoms with Crippen molar-refractivity contribution in [2.24, 2.45) is 0 Å². The SMILES string of the molecule is CCOC(=O)NS(=O)(=O)N(C)c1ccc(Br)cc1N.